The third-order valence-corrected chi connectivity index (χ3v) is 1.76. The van der Waals surface area contributed by atoms with Crippen LogP contribution in [0.5, 0.6) is 0 Å². The molecule has 0 aliphatic rings. The van der Waals surface area contributed by atoms with Crippen molar-refractivity contribution in [1.82, 2.24) is 0 Å². The van der Waals surface area contributed by atoms with Crippen molar-refractivity contribution in [2.75, 3.05) is 17.8 Å². The fourth-order valence-corrected chi connectivity index (χ4v) is 1.07. The number of benzene rings is 1. The van der Waals surface area contributed by atoms with Crippen LogP contribution < -0.4 is 10.7 Å². The Labute approximate surface area is 77.3 Å². The van der Waals surface area contributed by atoms with E-state index in [1.54, 1.807) is 0 Å². The van der Waals surface area contributed by atoms with Crippen LogP contribution >= 0.6 is 0 Å². The molecule has 4 heteroatoms. The predicted molar refractivity (Wildman–Crippen MR) is 55.1 cm³/mol. The molecule has 0 amide bonds. The number of hydrogen-bond donors (Lipinski definition) is 3. The van der Waals surface area contributed by atoms with Crippen LogP contribution in [0, 0.1) is 0 Å². The summed E-state index contributed by atoms with van der Waals surface area (Å²) in [4.78, 5) is 0. The number of anilines is 2. The lowest BCUT2D eigenvalue weighted by atomic mass is 10.1. The van der Waals surface area contributed by atoms with Gasteiger partial charge in [-0.2, -0.15) is 5.10 Å². The summed E-state index contributed by atoms with van der Waals surface area (Å²) in [6, 6.07) is 5.59. The highest BCUT2D eigenvalue weighted by Crippen LogP contribution is 2.20. The van der Waals surface area contributed by atoms with E-state index in [1.165, 1.54) is 0 Å². The molecular formula is C9H13N3O. The van der Waals surface area contributed by atoms with Crippen LogP contribution in [0.2, 0.25) is 0 Å². The largest absolute Gasteiger partial charge is 0.392 e. The minimum atomic E-state index is -0.0205. The van der Waals surface area contributed by atoms with Gasteiger partial charge in [-0.15, -0.1) is 0 Å². The lowest BCUT2D eigenvalue weighted by molar-refractivity contribution is 0.282. The Morgan fingerprint density at radius 1 is 1.54 bits per heavy atom. The van der Waals surface area contributed by atoms with E-state index in [-0.39, 0.29) is 6.61 Å². The summed E-state index contributed by atoms with van der Waals surface area (Å²) in [5.74, 6) is 0. The highest BCUT2D eigenvalue weighted by atomic mass is 16.3. The van der Waals surface area contributed by atoms with Crippen molar-refractivity contribution < 1.29 is 5.11 Å². The summed E-state index contributed by atoms with van der Waals surface area (Å²) in [6.45, 7) is 3.30. The highest BCUT2D eigenvalue weighted by Gasteiger charge is 2.00. The number of aliphatic hydroxyl groups is 1. The zero-order valence-electron chi connectivity index (χ0n) is 7.54. The van der Waals surface area contributed by atoms with Crippen molar-refractivity contribution in [3.8, 4) is 0 Å². The monoisotopic (exact) mass is 179 g/mol. The van der Waals surface area contributed by atoms with Crippen molar-refractivity contribution >= 4 is 18.1 Å². The van der Waals surface area contributed by atoms with Crippen molar-refractivity contribution in [3.05, 3.63) is 23.8 Å². The Kier molecular flexibility index (Phi) is 3.28. The molecule has 0 radical (unpaired) electrons. The lowest BCUT2D eigenvalue weighted by Crippen LogP contribution is -1.96. The van der Waals surface area contributed by atoms with Gasteiger partial charge in [-0.3, -0.25) is 5.43 Å². The second-order valence-corrected chi connectivity index (χ2v) is 2.55. The summed E-state index contributed by atoms with van der Waals surface area (Å²) < 4.78 is 0. The lowest BCUT2D eigenvalue weighted by Gasteiger charge is -2.08. The Morgan fingerprint density at radius 2 is 2.31 bits per heavy atom. The van der Waals surface area contributed by atoms with Gasteiger partial charge in [0.1, 0.15) is 0 Å². The number of rotatable bonds is 4. The molecule has 1 aromatic carbocycles. The molecule has 1 aromatic rings. The van der Waals surface area contributed by atoms with E-state index in [0.29, 0.717) is 0 Å². The molecule has 0 saturated carbocycles. The highest BCUT2D eigenvalue weighted by molar-refractivity contribution is 5.59. The van der Waals surface area contributed by atoms with E-state index in [9.17, 15) is 0 Å². The standard InChI is InChI=1S/C9H13N3O/c1-10-8-3-4-9(12-11-2)7(5-8)6-13/h3-5,10,12-13H,2,6H2,1H3. The molecule has 1 rings (SSSR count). The first-order valence-electron chi connectivity index (χ1n) is 3.95. The maximum Gasteiger partial charge on any atom is 0.0703 e. The SMILES string of the molecule is C=NNc1ccc(NC)cc1CO. The van der Waals surface area contributed by atoms with Gasteiger partial charge in [0, 0.05) is 25.0 Å². The molecule has 3 N–H and O–H groups in total. The fourth-order valence-electron chi connectivity index (χ4n) is 1.07. The molecule has 0 atom stereocenters. The van der Waals surface area contributed by atoms with Gasteiger partial charge < -0.3 is 10.4 Å². The van der Waals surface area contributed by atoms with Gasteiger partial charge in [0.05, 0.1) is 12.3 Å². The molecular weight excluding hydrogens is 166 g/mol. The third kappa shape index (κ3) is 2.19. The number of nitrogens with one attached hydrogen (secondary N) is 2. The summed E-state index contributed by atoms with van der Waals surface area (Å²) in [6.07, 6.45) is 0. The first kappa shape index (κ1) is 9.54. The first-order chi connectivity index (χ1) is 6.31. The first-order valence-corrected chi connectivity index (χ1v) is 3.95. The molecule has 0 fully saturated rings. The summed E-state index contributed by atoms with van der Waals surface area (Å²) in [7, 11) is 1.83. The van der Waals surface area contributed by atoms with Crippen LogP contribution in [-0.4, -0.2) is 18.9 Å². The molecule has 0 spiro atoms. The predicted octanol–water partition coefficient (Wildman–Crippen LogP) is 1.25. The Morgan fingerprint density at radius 3 is 2.85 bits per heavy atom. The van der Waals surface area contributed by atoms with E-state index < -0.39 is 0 Å². The molecule has 0 aliphatic carbocycles. The van der Waals surface area contributed by atoms with E-state index in [0.717, 1.165) is 16.9 Å². The summed E-state index contributed by atoms with van der Waals surface area (Å²) in [5, 5.41) is 15.6. The smallest absolute Gasteiger partial charge is 0.0703 e. The molecule has 70 valence electrons. The Hall–Kier alpha value is -1.55. The van der Waals surface area contributed by atoms with Crippen LogP contribution in [0.15, 0.2) is 23.3 Å². The molecule has 0 aliphatic heterocycles. The second kappa shape index (κ2) is 4.47. The van der Waals surface area contributed by atoms with Crippen molar-refractivity contribution in [2.45, 2.75) is 6.61 Å². The number of aliphatic hydroxyl groups excluding tert-OH is 1. The van der Waals surface area contributed by atoms with E-state index in [2.05, 4.69) is 22.6 Å². The number of nitrogens with zero attached hydrogens (tertiary/aromatic N) is 1. The molecule has 0 heterocycles. The Balaban J connectivity index is 3.00. The van der Waals surface area contributed by atoms with Crippen molar-refractivity contribution in [1.29, 1.82) is 0 Å². The molecule has 4 nitrogen and oxygen atoms in total. The van der Waals surface area contributed by atoms with Crippen molar-refractivity contribution in [2.24, 2.45) is 5.10 Å². The summed E-state index contributed by atoms with van der Waals surface area (Å²) in [5.41, 5.74) is 5.23. The van der Waals surface area contributed by atoms with Crippen LogP contribution in [0.25, 0.3) is 0 Å². The maximum absolute atomic E-state index is 9.04. The number of hydrogen-bond acceptors (Lipinski definition) is 4. The molecule has 0 aromatic heterocycles. The molecule has 13 heavy (non-hydrogen) atoms. The molecule has 0 bridgehead atoms. The topological polar surface area (TPSA) is 56.7 Å². The van der Waals surface area contributed by atoms with E-state index in [4.69, 9.17) is 5.11 Å². The van der Waals surface area contributed by atoms with Gasteiger partial charge in [0.25, 0.3) is 0 Å². The van der Waals surface area contributed by atoms with E-state index in [1.807, 2.05) is 25.2 Å². The Bertz CT molecular complexity index is 299. The average molecular weight is 179 g/mol. The zero-order chi connectivity index (χ0) is 9.68. The van der Waals surface area contributed by atoms with Gasteiger partial charge >= 0.3 is 0 Å². The molecule has 0 saturated heterocycles. The minimum absolute atomic E-state index is 0.0205. The molecule has 0 unspecified atom stereocenters. The quantitative estimate of drug-likeness (QED) is 0.481. The van der Waals surface area contributed by atoms with Gasteiger partial charge in [0.2, 0.25) is 0 Å². The fraction of sp³-hybridized carbons (Fsp3) is 0.222. The van der Waals surface area contributed by atoms with E-state index >= 15 is 0 Å². The minimum Gasteiger partial charge on any atom is -0.392 e. The van der Waals surface area contributed by atoms with Crippen LogP contribution in [0.1, 0.15) is 5.56 Å². The van der Waals surface area contributed by atoms with Gasteiger partial charge in [-0.1, -0.05) is 0 Å². The van der Waals surface area contributed by atoms with Crippen LogP contribution in [-0.2, 0) is 6.61 Å². The number of hydrazone groups is 1. The van der Waals surface area contributed by atoms with Crippen molar-refractivity contribution in [3.63, 3.8) is 0 Å². The summed E-state index contributed by atoms with van der Waals surface area (Å²) >= 11 is 0. The zero-order valence-corrected chi connectivity index (χ0v) is 7.54. The maximum atomic E-state index is 9.04. The third-order valence-electron chi connectivity index (χ3n) is 1.76. The second-order valence-electron chi connectivity index (χ2n) is 2.55. The van der Waals surface area contributed by atoms with Crippen LogP contribution in [0.3, 0.4) is 0 Å². The van der Waals surface area contributed by atoms with Gasteiger partial charge in [-0.25, -0.2) is 0 Å². The van der Waals surface area contributed by atoms with Gasteiger partial charge in [0.15, 0.2) is 0 Å². The normalized spacial score (nSPS) is 9.38. The van der Waals surface area contributed by atoms with Gasteiger partial charge in [-0.05, 0) is 18.2 Å². The average Bonchev–Trinajstić information content (AvgIpc) is 2.19. The van der Waals surface area contributed by atoms with Crippen LogP contribution in [0.4, 0.5) is 11.4 Å².